The molecule has 0 aromatic carbocycles. The Morgan fingerprint density at radius 3 is 3.09 bits per heavy atom. The van der Waals surface area contributed by atoms with Crippen molar-refractivity contribution in [3.05, 3.63) is 11.9 Å². The van der Waals surface area contributed by atoms with E-state index in [1.54, 1.807) is 6.20 Å². The number of hydrogen-bond acceptors (Lipinski definition) is 4. The van der Waals surface area contributed by atoms with Gasteiger partial charge in [0.15, 0.2) is 12.0 Å². The molecule has 0 amide bonds. The SMILES string of the molecule is CC1=CN=C2NC(C)=N[C@H]2N1. The summed E-state index contributed by atoms with van der Waals surface area (Å²) in [6, 6.07) is 0. The second-order valence-corrected chi connectivity index (χ2v) is 2.71. The number of nitrogens with zero attached hydrogens (tertiary/aromatic N) is 2. The molecule has 0 aromatic heterocycles. The van der Waals surface area contributed by atoms with Crippen LogP contribution in [0.5, 0.6) is 0 Å². The van der Waals surface area contributed by atoms with Crippen LogP contribution in [0, 0.1) is 0 Å². The molecule has 2 rings (SSSR count). The molecule has 1 atom stereocenters. The summed E-state index contributed by atoms with van der Waals surface area (Å²) in [7, 11) is 0. The molecule has 0 radical (unpaired) electrons. The molecule has 0 aromatic rings. The highest BCUT2D eigenvalue weighted by Crippen LogP contribution is 2.06. The molecule has 2 aliphatic heterocycles. The fraction of sp³-hybridized carbons (Fsp3) is 0.429. The van der Waals surface area contributed by atoms with Crippen molar-refractivity contribution in [3.63, 3.8) is 0 Å². The van der Waals surface area contributed by atoms with Crippen molar-refractivity contribution in [1.82, 2.24) is 10.6 Å². The van der Waals surface area contributed by atoms with Crippen molar-refractivity contribution >= 4 is 11.7 Å². The molecule has 2 N–H and O–H groups in total. The van der Waals surface area contributed by atoms with Gasteiger partial charge in [-0.1, -0.05) is 0 Å². The van der Waals surface area contributed by atoms with Gasteiger partial charge < -0.3 is 10.6 Å². The summed E-state index contributed by atoms with van der Waals surface area (Å²) in [5, 5.41) is 6.26. The molecule has 2 heterocycles. The summed E-state index contributed by atoms with van der Waals surface area (Å²) < 4.78 is 0. The molecule has 0 spiro atoms. The molecule has 0 aliphatic carbocycles. The largest absolute Gasteiger partial charge is 0.360 e. The highest BCUT2D eigenvalue weighted by Gasteiger charge is 2.23. The summed E-state index contributed by atoms with van der Waals surface area (Å²) in [5.41, 5.74) is 1.05. The molecular formula is C7H10N4. The van der Waals surface area contributed by atoms with Gasteiger partial charge in [-0.3, -0.25) is 0 Å². The van der Waals surface area contributed by atoms with Gasteiger partial charge >= 0.3 is 0 Å². The lowest BCUT2D eigenvalue weighted by Crippen LogP contribution is -2.38. The van der Waals surface area contributed by atoms with Crippen LogP contribution in [0.15, 0.2) is 21.9 Å². The van der Waals surface area contributed by atoms with Gasteiger partial charge in [-0.15, -0.1) is 0 Å². The summed E-state index contributed by atoms with van der Waals surface area (Å²) >= 11 is 0. The van der Waals surface area contributed by atoms with E-state index in [0.717, 1.165) is 17.4 Å². The van der Waals surface area contributed by atoms with E-state index in [4.69, 9.17) is 0 Å². The topological polar surface area (TPSA) is 48.8 Å². The van der Waals surface area contributed by atoms with Gasteiger partial charge in [0.2, 0.25) is 0 Å². The molecule has 11 heavy (non-hydrogen) atoms. The fourth-order valence-corrected chi connectivity index (χ4v) is 1.16. The molecule has 58 valence electrons. The van der Waals surface area contributed by atoms with Crippen molar-refractivity contribution in [3.8, 4) is 0 Å². The van der Waals surface area contributed by atoms with Gasteiger partial charge in [-0.25, -0.2) is 9.98 Å². The Balaban J connectivity index is 2.27. The van der Waals surface area contributed by atoms with E-state index in [9.17, 15) is 0 Å². The average molecular weight is 150 g/mol. The van der Waals surface area contributed by atoms with E-state index in [-0.39, 0.29) is 6.17 Å². The van der Waals surface area contributed by atoms with E-state index < -0.39 is 0 Å². The maximum Gasteiger partial charge on any atom is 0.179 e. The third-order valence-corrected chi connectivity index (χ3v) is 1.65. The number of nitrogens with one attached hydrogen (secondary N) is 2. The Bertz CT molecular complexity index is 274. The van der Waals surface area contributed by atoms with Gasteiger partial charge in [0, 0.05) is 11.9 Å². The highest BCUT2D eigenvalue weighted by molar-refractivity contribution is 6.07. The predicted octanol–water partition coefficient (Wildman–Crippen LogP) is 0.197. The predicted molar refractivity (Wildman–Crippen MR) is 44.4 cm³/mol. The zero-order valence-electron chi connectivity index (χ0n) is 6.55. The van der Waals surface area contributed by atoms with Crippen LogP contribution >= 0.6 is 0 Å². The van der Waals surface area contributed by atoms with E-state index >= 15 is 0 Å². The second-order valence-electron chi connectivity index (χ2n) is 2.71. The normalized spacial score (nSPS) is 27.5. The Kier molecular flexibility index (Phi) is 1.21. The first-order valence-electron chi connectivity index (χ1n) is 3.58. The minimum absolute atomic E-state index is 0.0278. The lowest BCUT2D eigenvalue weighted by atomic mass is 10.3. The summed E-state index contributed by atoms with van der Waals surface area (Å²) in [6.07, 6.45) is 1.83. The van der Waals surface area contributed by atoms with Crippen LogP contribution in [0.4, 0.5) is 0 Å². The minimum atomic E-state index is 0.0278. The highest BCUT2D eigenvalue weighted by atomic mass is 15.3. The van der Waals surface area contributed by atoms with Crippen LogP contribution in [0.1, 0.15) is 13.8 Å². The lowest BCUT2D eigenvalue weighted by Gasteiger charge is -2.15. The van der Waals surface area contributed by atoms with Crippen molar-refractivity contribution < 1.29 is 0 Å². The van der Waals surface area contributed by atoms with Crippen molar-refractivity contribution in [2.45, 2.75) is 20.0 Å². The van der Waals surface area contributed by atoms with Crippen LogP contribution in [0.2, 0.25) is 0 Å². The van der Waals surface area contributed by atoms with Gasteiger partial charge in [-0.05, 0) is 13.8 Å². The average Bonchev–Trinajstić information content (AvgIpc) is 2.27. The number of amidine groups is 2. The molecule has 0 saturated heterocycles. The van der Waals surface area contributed by atoms with Crippen molar-refractivity contribution in [2.75, 3.05) is 0 Å². The van der Waals surface area contributed by atoms with Gasteiger partial charge in [0.05, 0.1) is 0 Å². The first-order valence-corrected chi connectivity index (χ1v) is 3.58. The summed E-state index contributed by atoms with van der Waals surface area (Å²) in [4.78, 5) is 8.47. The van der Waals surface area contributed by atoms with Crippen molar-refractivity contribution in [1.29, 1.82) is 0 Å². The molecular weight excluding hydrogens is 140 g/mol. The van der Waals surface area contributed by atoms with Gasteiger partial charge in [-0.2, -0.15) is 0 Å². The fourth-order valence-electron chi connectivity index (χ4n) is 1.16. The third-order valence-electron chi connectivity index (χ3n) is 1.65. The minimum Gasteiger partial charge on any atom is -0.360 e. The van der Waals surface area contributed by atoms with Crippen LogP contribution in [0.3, 0.4) is 0 Å². The Labute approximate surface area is 65.1 Å². The molecule has 0 saturated carbocycles. The molecule has 0 unspecified atom stereocenters. The number of rotatable bonds is 0. The van der Waals surface area contributed by atoms with E-state index in [0.29, 0.717) is 0 Å². The first kappa shape index (κ1) is 6.39. The van der Waals surface area contributed by atoms with Crippen molar-refractivity contribution in [2.24, 2.45) is 9.98 Å². The number of allylic oxidation sites excluding steroid dienone is 1. The molecule has 4 heteroatoms. The Morgan fingerprint density at radius 2 is 2.27 bits per heavy atom. The quantitative estimate of drug-likeness (QED) is 0.518. The molecule has 4 nitrogen and oxygen atoms in total. The number of fused-ring (bicyclic) bond motifs is 1. The zero-order chi connectivity index (χ0) is 7.84. The molecule has 0 bridgehead atoms. The number of aliphatic imine (C=N–C) groups is 2. The zero-order valence-corrected chi connectivity index (χ0v) is 6.55. The smallest absolute Gasteiger partial charge is 0.179 e. The van der Waals surface area contributed by atoms with E-state index in [1.807, 2.05) is 13.8 Å². The standard InChI is InChI=1S/C7H10N4/c1-4-3-8-6-7(9-4)11-5(2)10-6/h3,7,9H,1-2H3,(H,8,10,11)/t7-/m1/s1. The number of hydrogen-bond donors (Lipinski definition) is 2. The molecule has 0 fully saturated rings. The van der Waals surface area contributed by atoms with Gasteiger partial charge in [0.1, 0.15) is 5.84 Å². The molecule has 2 aliphatic rings. The monoisotopic (exact) mass is 150 g/mol. The van der Waals surface area contributed by atoms with E-state index in [2.05, 4.69) is 20.6 Å². The summed E-state index contributed by atoms with van der Waals surface area (Å²) in [5.74, 6) is 1.82. The van der Waals surface area contributed by atoms with E-state index in [1.165, 1.54) is 0 Å². The Morgan fingerprint density at radius 1 is 1.45 bits per heavy atom. The maximum absolute atomic E-state index is 4.28. The van der Waals surface area contributed by atoms with Crippen LogP contribution in [0.25, 0.3) is 0 Å². The lowest BCUT2D eigenvalue weighted by molar-refractivity contribution is 0.724. The summed E-state index contributed by atoms with van der Waals surface area (Å²) in [6.45, 7) is 3.90. The van der Waals surface area contributed by atoms with Gasteiger partial charge in [0.25, 0.3) is 0 Å². The maximum atomic E-state index is 4.28. The van der Waals surface area contributed by atoms with Crippen LogP contribution in [-0.4, -0.2) is 17.8 Å². The Hall–Kier alpha value is -1.32. The third kappa shape index (κ3) is 1.00. The first-order chi connectivity index (χ1) is 5.25. The second kappa shape index (κ2) is 2.08. The van der Waals surface area contributed by atoms with Crippen LogP contribution in [-0.2, 0) is 0 Å². The van der Waals surface area contributed by atoms with Crippen LogP contribution < -0.4 is 10.6 Å².